The van der Waals surface area contributed by atoms with Gasteiger partial charge in [0.1, 0.15) is 6.04 Å². The third kappa shape index (κ3) is 5.16. The van der Waals surface area contributed by atoms with E-state index >= 15 is 0 Å². The molecular weight excluding hydrogens is 298 g/mol. The summed E-state index contributed by atoms with van der Waals surface area (Å²) in [5.41, 5.74) is 0. The van der Waals surface area contributed by atoms with Crippen LogP contribution in [0.25, 0.3) is 0 Å². The van der Waals surface area contributed by atoms with Crippen molar-refractivity contribution in [1.82, 2.24) is 15.5 Å². The second-order valence-electron chi connectivity index (χ2n) is 6.27. The summed E-state index contributed by atoms with van der Waals surface area (Å²) >= 11 is 1.68. The second-order valence-corrected chi connectivity index (χ2v) is 7.27. The number of carbonyl (C=O) groups is 2. The summed E-state index contributed by atoms with van der Waals surface area (Å²) in [5, 5.41) is 6.44. The zero-order chi connectivity index (χ0) is 15.8. The van der Waals surface area contributed by atoms with Gasteiger partial charge in [0.05, 0.1) is 5.88 Å². The van der Waals surface area contributed by atoms with E-state index in [0.717, 1.165) is 44.6 Å². The van der Waals surface area contributed by atoms with Gasteiger partial charge < -0.3 is 15.5 Å². The second kappa shape index (κ2) is 9.40. The molecule has 0 saturated carbocycles. The van der Waals surface area contributed by atoms with E-state index in [0.29, 0.717) is 18.2 Å². The number of thioether (sulfide) groups is 1. The maximum Gasteiger partial charge on any atom is 0.243 e. The van der Waals surface area contributed by atoms with Crippen LogP contribution in [0.1, 0.15) is 45.4 Å². The minimum Gasteiger partial charge on any atom is -0.354 e. The van der Waals surface area contributed by atoms with Gasteiger partial charge >= 0.3 is 0 Å². The lowest BCUT2D eigenvalue weighted by Crippen LogP contribution is -2.47. The van der Waals surface area contributed by atoms with E-state index in [4.69, 9.17) is 0 Å². The summed E-state index contributed by atoms with van der Waals surface area (Å²) in [6.07, 6.45) is 6.00. The molecule has 2 fully saturated rings. The number of amides is 2. The van der Waals surface area contributed by atoms with Gasteiger partial charge in [-0.25, -0.2) is 0 Å². The third-order valence-corrected chi connectivity index (χ3v) is 5.51. The van der Waals surface area contributed by atoms with Gasteiger partial charge in [0.15, 0.2) is 0 Å². The van der Waals surface area contributed by atoms with E-state index in [-0.39, 0.29) is 17.9 Å². The zero-order valence-corrected chi connectivity index (χ0v) is 14.4. The van der Waals surface area contributed by atoms with Crippen LogP contribution in [0.15, 0.2) is 0 Å². The average Bonchev–Trinajstić information content (AvgIpc) is 3.03. The van der Waals surface area contributed by atoms with Crippen LogP contribution in [0.5, 0.6) is 0 Å². The van der Waals surface area contributed by atoms with Crippen molar-refractivity contribution in [3.63, 3.8) is 0 Å². The Kier molecular flexibility index (Phi) is 7.52. The fourth-order valence-corrected chi connectivity index (χ4v) is 4.25. The third-order valence-electron chi connectivity index (χ3n) is 4.50. The summed E-state index contributed by atoms with van der Waals surface area (Å²) in [4.78, 5) is 26.3. The Balaban J connectivity index is 1.71. The predicted octanol–water partition coefficient (Wildman–Crippen LogP) is 1.58. The van der Waals surface area contributed by atoms with Crippen molar-refractivity contribution in [2.45, 2.75) is 51.5 Å². The van der Waals surface area contributed by atoms with Crippen molar-refractivity contribution in [2.75, 3.05) is 31.3 Å². The maximum atomic E-state index is 12.3. The molecule has 0 bridgehead atoms. The Bertz CT molecular complexity index is 372. The van der Waals surface area contributed by atoms with Crippen LogP contribution in [0, 0.1) is 5.92 Å². The highest BCUT2D eigenvalue weighted by molar-refractivity contribution is 7.99. The molecule has 0 aliphatic carbocycles. The highest BCUT2D eigenvalue weighted by Crippen LogP contribution is 2.22. The summed E-state index contributed by atoms with van der Waals surface area (Å²) in [7, 11) is 0. The minimum atomic E-state index is -0.265. The lowest BCUT2D eigenvalue weighted by atomic mass is 9.96. The number of hydrogen-bond acceptors (Lipinski definition) is 4. The molecule has 0 aromatic heterocycles. The molecule has 2 aliphatic rings. The molecule has 2 aliphatic heterocycles. The van der Waals surface area contributed by atoms with Crippen LogP contribution in [-0.2, 0) is 9.59 Å². The first-order valence-electron chi connectivity index (χ1n) is 8.58. The summed E-state index contributed by atoms with van der Waals surface area (Å²) in [6, 6.07) is -0.265. The highest BCUT2D eigenvalue weighted by Gasteiger charge is 2.33. The largest absolute Gasteiger partial charge is 0.354 e. The lowest BCUT2D eigenvalue weighted by molar-refractivity contribution is -0.138. The molecule has 22 heavy (non-hydrogen) atoms. The van der Waals surface area contributed by atoms with Crippen LogP contribution < -0.4 is 10.6 Å². The molecule has 2 amide bonds. The fourth-order valence-electron chi connectivity index (χ4n) is 3.06. The van der Waals surface area contributed by atoms with Gasteiger partial charge in [-0.05, 0) is 44.7 Å². The first kappa shape index (κ1) is 17.6. The van der Waals surface area contributed by atoms with E-state index in [9.17, 15) is 9.59 Å². The fraction of sp³-hybridized carbons (Fsp3) is 0.875. The smallest absolute Gasteiger partial charge is 0.243 e. The summed E-state index contributed by atoms with van der Waals surface area (Å²) in [6.45, 7) is 4.99. The zero-order valence-electron chi connectivity index (χ0n) is 13.6. The number of piperidine rings is 1. The molecule has 0 aromatic carbocycles. The van der Waals surface area contributed by atoms with Crippen molar-refractivity contribution in [1.29, 1.82) is 0 Å². The molecule has 5 nitrogen and oxygen atoms in total. The molecule has 0 aromatic rings. The number of nitrogens with zero attached hydrogens (tertiary/aromatic N) is 1. The molecule has 2 saturated heterocycles. The molecule has 2 rings (SSSR count). The van der Waals surface area contributed by atoms with Crippen molar-refractivity contribution in [3.05, 3.63) is 0 Å². The Morgan fingerprint density at radius 2 is 2.27 bits per heavy atom. The van der Waals surface area contributed by atoms with Crippen molar-refractivity contribution in [3.8, 4) is 0 Å². The lowest BCUT2D eigenvalue weighted by Gasteiger charge is -2.25. The van der Waals surface area contributed by atoms with Gasteiger partial charge in [-0.1, -0.05) is 13.3 Å². The van der Waals surface area contributed by atoms with Crippen LogP contribution in [0.2, 0.25) is 0 Å². The van der Waals surface area contributed by atoms with Crippen molar-refractivity contribution < 1.29 is 9.59 Å². The van der Waals surface area contributed by atoms with Gasteiger partial charge in [-0.15, -0.1) is 11.8 Å². The van der Waals surface area contributed by atoms with Crippen molar-refractivity contribution >= 4 is 23.6 Å². The maximum absolute atomic E-state index is 12.3. The first-order chi connectivity index (χ1) is 10.7. The van der Waals surface area contributed by atoms with Gasteiger partial charge in [0.25, 0.3) is 0 Å². The monoisotopic (exact) mass is 327 g/mol. The Hall–Kier alpha value is -0.750. The normalized spacial score (nSPS) is 25.2. The van der Waals surface area contributed by atoms with Gasteiger partial charge in [-0.2, -0.15) is 0 Å². The number of carbonyl (C=O) groups excluding carboxylic acids is 2. The predicted molar refractivity (Wildman–Crippen MR) is 90.7 cm³/mol. The van der Waals surface area contributed by atoms with E-state index < -0.39 is 0 Å². The molecule has 0 radical (unpaired) electrons. The van der Waals surface area contributed by atoms with E-state index in [1.54, 1.807) is 16.7 Å². The molecule has 2 unspecified atom stereocenters. The number of nitrogens with one attached hydrogen (secondary N) is 2. The topological polar surface area (TPSA) is 61.4 Å². The standard InChI is InChI=1S/C16H29N3O2S/c1-2-3-6-15(20)19-12-22-11-14(19)16(21)18-9-7-13-5-4-8-17-10-13/h13-14,17H,2-12H2,1H3,(H,18,21). The average molecular weight is 327 g/mol. The van der Waals surface area contributed by atoms with Crippen molar-refractivity contribution in [2.24, 2.45) is 5.92 Å². The Labute approximate surface area is 138 Å². The number of hydrogen-bond donors (Lipinski definition) is 2. The molecule has 126 valence electrons. The van der Waals surface area contributed by atoms with Crippen LogP contribution in [0.4, 0.5) is 0 Å². The Morgan fingerprint density at radius 1 is 1.41 bits per heavy atom. The van der Waals surface area contributed by atoms with Crippen LogP contribution in [0.3, 0.4) is 0 Å². The van der Waals surface area contributed by atoms with Gasteiger partial charge in [0, 0.05) is 18.7 Å². The van der Waals surface area contributed by atoms with Crippen LogP contribution in [-0.4, -0.2) is 54.0 Å². The molecule has 0 spiro atoms. The minimum absolute atomic E-state index is 0.0265. The number of unbranched alkanes of at least 4 members (excludes halogenated alkanes) is 1. The van der Waals surface area contributed by atoms with Crippen LogP contribution >= 0.6 is 11.8 Å². The molecule has 2 N–H and O–H groups in total. The molecular formula is C16H29N3O2S. The molecule has 2 atom stereocenters. The van der Waals surface area contributed by atoms with E-state index in [1.165, 1.54) is 12.8 Å². The summed E-state index contributed by atoms with van der Waals surface area (Å²) < 4.78 is 0. The van der Waals surface area contributed by atoms with Gasteiger partial charge in [0.2, 0.25) is 11.8 Å². The van der Waals surface area contributed by atoms with E-state index in [2.05, 4.69) is 17.6 Å². The van der Waals surface area contributed by atoms with E-state index in [1.807, 2.05) is 0 Å². The number of rotatable bonds is 7. The van der Waals surface area contributed by atoms with Gasteiger partial charge in [-0.3, -0.25) is 9.59 Å². The quantitative estimate of drug-likeness (QED) is 0.745. The SMILES string of the molecule is CCCCC(=O)N1CSCC1C(=O)NCCC1CCCNC1. The summed E-state index contributed by atoms with van der Waals surface area (Å²) in [5.74, 6) is 2.22. The Morgan fingerprint density at radius 3 is 3.00 bits per heavy atom. The molecule has 2 heterocycles. The molecule has 6 heteroatoms. The first-order valence-corrected chi connectivity index (χ1v) is 9.73. The highest BCUT2D eigenvalue weighted by atomic mass is 32.2.